The number of amides is 1. The van der Waals surface area contributed by atoms with E-state index in [1.807, 2.05) is 6.07 Å². The fourth-order valence-electron chi connectivity index (χ4n) is 2.76. The van der Waals surface area contributed by atoms with Crippen molar-refractivity contribution in [2.75, 3.05) is 37.7 Å². The molecule has 1 aliphatic heterocycles. The minimum Gasteiger partial charge on any atom is -0.484 e. The van der Waals surface area contributed by atoms with Crippen molar-refractivity contribution < 1.29 is 13.9 Å². The van der Waals surface area contributed by atoms with E-state index >= 15 is 0 Å². The van der Waals surface area contributed by atoms with Crippen LogP contribution in [0, 0.1) is 5.82 Å². The summed E-state index contributed by atoms with van der Waals surface area (Å²) in [7, 11) is 0. The van der Waals surface area contributed by atoms with Crippen LogP contribution in [0.5, 0.6) is 5.75 Å². The zero-order valence-electron chi connectivity index (χ0n) is 13.8. The van der Waals surface area contributed by atoms with Gasteiger partial charge in [-0.3, -0.25) is 4.79 Å². The number of hydrogen-bond donors (Lipinski definition) is 0. The molecule has 0 radical (unpaired) electrons. The first-order valence-corrected chi connectivity index (χ1v) is 8.15. The summed E-state index contributed by atoms with van der Waals surface area (Å²) < 4.78 is 19.7. The first-order chi connectivity index (χ1) is 12.7. The van der Waals surface area contributed by atoms with Crippen LogP contribution in [0.25, 0.3) is 5.65 Å². The molecule has 1 saturated heterocycles. The van der Waals surface area contributed by atoms with Gasteiger partial charge in [0.25, 0.3) is 5.91 Å². The van der Waals surface area contributed by atoms with Crippen LogP contribution in [0.2, 0.25) is 0 Å². The number of aromatic nitrogens is 5. The number of tetrazole rings is 1. The number of carbonyl (C=O) groups is 1. The van der Waals surface area contributed by atoms with E-state index in [0.29, 0.717) is 37.6 Å². The highest BCUT2D eigenvalue weighted by molar-refractivity contribution is 5.78. The second kappa shape index (κ2) is 6.90. The Labute approximate surface area is 148 Å². The number of piperazine rings is 1. The molecule has 0 bridgehead atoms. The van der Waals surface area contributed by atoms with Crippen LogP contribution in [0.15, 0.2) is 36.4 Å². The zero-order chi connectivity index (χ0) is 17.9. The summed E-state index contributed by atoms with van der Waals surface area (Å²) in [5.41, 5.74) is 0.584. The van der Waals surface area contributed by atoms with Crippen LogP contribution < -0.4 is 9.64 Å². The molecule has 1 fully saturated rings. The Morgan fingerprint density at radius 2 is 1.85 bits per heavy atom. The summed E-state index contributed by atoms with van der Waals surface area (Å²) in [5, 5.41) is 15.5. The van der Waals surface area contributed by atoms with Gasteiger partial charge in [-0.15, -0.1) is 14.8 Å². The molecule has 2 aromatic heterocycles. The van der Waals surface area contributed by atoms with E-state index in [1.54, 1.807) is 11.0 Å². The molecule has 0 unspecified atom stereocenters. The van der Waals surface area contributed by atoms with Crippen molar-refractivity contribution in [2.45, 2.75) is 0 Å². The molecule has 3 heterocycles. The Hall–Kier alpha value is -3.30. The molecular weight excluding hydrogens is 341 g/mol. The summed E-state index contributed by atoms with van der Waals surface area (Å²) in [6, 6.07) is 9.26. The van der Waals surface area contributed by atoms with E-state index in [0.717, 1.165) is 5.82 Å². The molecular formula is C16H16FN7O2. The lowest BCUT2D eigenvalue weighted by atomic mass is 10.3. The highest BCUT2D eigenvalue weighted by Gasteiger charge is 2.22. The maximum atomic E-state index is 12.9. The highest BCUT2D eigenvalue weighted by atomic mass is 19.1. The quantitative estimate of drug-likeness (QED) is 0.667. The van der Waals surface area contributed by atoms with E-state index in [2.05, 4.69) is 25.5 Å². The Morgan fingerprint density at radius 1 is 1.08 bits per heavy atom. The van der Waals surface area contributed by atoms with Gasteiger partial charge in [-0.1, -0.05) is 0 Å². The lowest BCUT2D eigenvalue weighted by Crippen LogP contribution is -2.50. The minimum absolute atomic E-state index is 0.0690. The van der Waals surface area contributed by atoms with Gasteiger partial charge >= 0.3 is 0 Å². The molecule has 0 saturated carbocycles. The van der Waals surface area contributed by atoms with Crippen LogP contribution in [-0.4, -0.2) is 68.8 Å². The van der Waals surface area contributed by atoms with Gasteiger partial charge in [0.2, 0.25) is 0 Å². The maximum Gasteiger partial charge on any atom is 0.260 e. The summed E-state index contributed by atoms with van der Waals surface area (Å²) in [4.78, 5) is 16.1. The van der Waals surface area contributed by atoms with Crippen molar-refractivity contribution >= 4 is 17.4 Å². The average molecular weight is 357 g/mol. The van der Waals surface area contributed by atoms with Crippen LogP contribution in [0.3, 0.4) is 0 Å². The van der Waals surface area contributed by atoms with Crippen LogP contribution in [-0.2, 0) is 4.79 Å². The molecule has 0 spiro atoms. The number of hydrogen-bond acceptors (Lipinski definition) is 7. The second-order valence-corrected chi connectivity index (χ2v) is 5.83. The van der Waals surface area contributed by atoms with Gasteiger partial charge in [-0.25, -0.2) is 4.39 Å². The minimum atomic E-state index is -0.340. The van der Waals surface area contributed by atoms with E-state index in [1.165, 1.54) is 28.9 Å². The highest BCUT2D eigenvalue weighted by Crippen LogP contribution is 2.14. The number of ether oxygens (including phenoxy) is 1. The number of rotatable bonds is 4. The van der Waals surface area contributed by atoms with Gasteiger partial charge in [0.1, 0.15) is 11.6 Å². The fourth-order valence-corrected chi connectivity index (χ4v) is 2.76. The number of nitrogens with zero attached hydrogens (tertiary/aromatic N) is 7. The Kier molecular flexibility index (Phi) is 4.30. The predicted molar refractivity (Wildman–Crippen MR) is 89.3 cm³/mol. The molecule has 9 nitrogen and oxygen atoms in total. The monoisotopic (exact) mass is 357 g/mol. The number of fused-ring (bicyclic) bond motifs is 1. The number of anilines is 1. The van der Waals surface area contributed by atoms with Crippen molar-refractivity contribution in [3.8, 4) is 5.75 Å². The number of halogens is 1. The Morgan fingerprint density at radius 3 is 2.62 bits per heavy atom. The van der Waals surface area contributed by atoms with Crippen molar-refractivity contribution in [2.24, 2.45) is 0 Å². The molecule has 0 N–H and O–H groups in total. The first kappa shape index (κ1) is 16.2. The molecule has 1 aromatic carbocycles. The lowest BCUT2D eigenvalue weighted by molar-refractivity contribution is -0.133. The zero-order valence-corrected chi connectivity index (χ0v) is 13.8. The van der Waals surface area contributed by atoms with Crippen molar-refractivity contribution in [3.05, 3.63) is 42.2 Å². The molecule has 10 heteroatoms. The predicted octanol–water partition coefficient (Wildman–Crippen LogP) is 0.386. The molecule has 26 heavy (non-hydrogen) atoms. The lowest BCUT2D eigenvalue weighted by Gasteiger charge is -2.35. The number of benzene rings is 1. The largest absolute Gasteiger partial charge is 0.484 e. The standard InChI is InChI=1S/C16H16FN7O2/c17-12-1-3-13(4-2-12)26-11-16(25)23-9-7-22(8-10-23)15-6-5-14-18-20-21-24(14)19-15/h1-6H,7-11H2. The Bertz CT molecular complexity index is 906. The summed E-state index contributed by atoms with van der Waals surface area (Å²) in [6.45, 7) is 2.38. The summed E-state index contributed by atoms with van der Waals surface area (Å²) in [6.07, 6.45) is 0. The molecule has 3 aromatic rings. The van der Waals surface area contributed by atoms with Crippen molar-refractivity contribution in [1.29, 1.82) is 0 Å². The van der Waals surface area contributed by atoms with Gasteiger partial charge in [-0.05, 0) is 46.8 Å². The molecule has 134 valence electrons. The summed E-state index contributed by atoms with van der Waals surface area (Å²) >= 11 is 0. The average Bonchev–Trinajstić information content (AvgIpc) is 3.15. The van der Waals surface area contributed by atoms with Crippen LogP contribution in [0.4, 0.5) is 10.2 Å². The second-order valence-electron chi connectivity index (χ2n) is 5.83. The van der Waals surface area contributed by atoms with E-state index in [4.69, 9.17) is 4.74 Å². The van der Waals surface area contributed by atoms with Gasteiger partial charge in [0, 0.05) is 26.2 Å². The van der Waals surface area contributed by atoms with E-state index < -0.39 is 0 Å². The third kappa shape index (κ3) is 3.39. The SMILES string of the molecule is O=C(COc1ccc(F)cc1)N1CCN(c2ccc3nnnn3n2)CC1. The van der Waals surface area contributed by atoms with Gasteiger partial charge < -0.3 is 14.5 Å². The molecule has 1 amide bonds. The maximum absolute atomic E-state index is 12.9. The first-order valence-electron chi connectivity index (χ1n) is 8.15. The van der Waals surface area contributed by atoms with Crippen LogP contribution >= 0.6 is 0 Å². The van der Waals surface area contributed by atoms with Crippen molar-refractivity contribution in [3.63, 3.8) is 0 Å². The van der Waals surface area contributed by atoms with Gasteiger partial charge in [0.15, 0.2) is 18.1 Å². The topological polar surface area (TPSA) is 88.8 Å². The third-order valence-electron chi connectivity index (χ3n) is 4.19. The molecule has 0 atom stereocenters. The normalized spacial score (nSPS) is 14.7. The number of carbonyl (C=O) groups excluding carboxylic acids is 1. The van der Waals surface area contributed by atoms with E-state index in [9.17, 15) is 9.18 Å². The van der Waals surface area contributed by atoms with Gasteiger partial charge in [-0.2, -0.15) is 0 Å². The summed E-state index contributed by atoms with van der Waals surface area (Å²) in [5.74, 6) is 0.794. The van der Waals surface area contributed by atoms with Gasteiger partial charge in [0.05, 0.1) is 0 Å². The molecule has 1 aliphatic rings. The van der Waals surface area contributed by atoms with E-state index in [-0.39, 0.29) is 18.3 Å². The fraction of sp³-hybridized carbons (Fsp3) is 0.312. The third-order valence-corrected chi connectivity index (χ3v) is 4.19. The van der Waals surface area contributed by atoms with Crippen molar-refractivity contribution in [1.82, 2.24) is 30.2 Å². The van der Waals surface area contributed by atoms with Crippen LogP contribution in [0.1, 0.15) is 0 Å². The smallest absolute Gasteiger partial charge is 0.260 e. The molecule has 0 aliphatic carbocycles. The molecule has 4 rings (SSSR count). The Balaban J connectivity index is 1.31.